The van der Waals surface area contributed by atoms with Crippen molar-refractivity contribution in [3.63, 3.8) is 0 Å². The van der Waals surface area contributed by atoms with Crippen LogP contribution in [0, 0.1) is 0 Å². The Bertz CT molecular complexity index is 1670. The first-order valence-corrected chi connectivity index (χ1v) is 29.1. The molecule has 18 unspecified atom stereocenters. The molecule has 0 saturated carbocycles. The van der Waals surface area contributed by atoms with Gasteiger partial charge in [-0.2, -0.15) is 0 Å². The second kappa shape index (κ2) is 38.3. The Kier molecular flexibility index (Phi) is 34.2. The molecular weight excluding hydrogens is 1020 g/mol. The van der Waals surface area contributed by atoms with Crippen molar-refractivity contribution in [3.05, 3.63) is 12.2 Å². The van der Waals surface area contributed by atoms with Crippen molar-refractivity contribution in [1.29, 1.82) is 0 Å². The third kappa shape index (κ3) is 23.0. The van der Waals surface area contributed by atoms with E-state index in [1.807, 2.05) is 6.08 Å². The molecule has 0 spiro atoms. The molecule has 3 saturated heterocycles. The summed E-state index contributed by atoms with van der Waals surface area (Å²) in [5.74, 6) is -6.14. The van der Waals surface area contributed by atoms with Gasteiger partial charge in [-0.3, -0.25) is 9.59 Å². The van der Waals surface area contributed by atoms with Gasteiger partial charge in [0.15, 0.2) is 12.6 Å². The van der Waals surface area contributed by atoms with E-state index in [0.717, 1.165) is 51.9 Å². The molecule has 0 aliphatic carbocycles. The van der Waals surface area contributed by atoms with Gasteiger partial charge < -0.3 is 100 Å². The van der Waals surface area contributed by atoms with Crippen LogP contribution in [0.1, 0.15) is 181 Å². The zero-order valence-electron chi connectivity index (χ0n) is 46.5. The van der Waals surface area contributed by atoms with Gasteiger partial charge >= 0.3 is 5.97 Å². The third-order valence-corrected chi connectivity index (χ3v) is 15.0. The molecule has 3 aliphatic rings. The molecule has 3 fully saturated rings. The number of aliphatic carboxylic acids is 1. The zero-order valence-corrected chi connectivity index (χ0v) is 46.5. The monoisotopic (exact) mass is 1120 g/mol. The van der Waals surface area contributed by atoms with Crippen molar-refractivity contribution in [3.8, 4) is 0 Å². The van der Waals surface area contributed by atoms with Gasteiger partial charge in [-0.05, 0) is 19.3 Å². The van der Waals surface area contributed by atoms with E-state index in [0.29, 0.717) is 12.8 Å². The van der Waals surface area contributed by atoms with Crippen LogP contribution in [0.4, 0.5) is 0 Å². The first kappa shape index (κ1) is 69.7. The van der Waals surface area contributed by atoms with E-state index in [1.165, 1.54) is 89.9 Å². The highest BCUT2D eigenvalue weighted by Crippen LogP contribution is 2.38. The molecular formula is C55H100N2O21. The topological polar surface area (TPSA) is 373 Å². The standard InChI is InChI=1S/C55H100N2O21/c1-4-6-8-10-12-14-16-17-19-21-23-25-27-29-42(65)57-36(37(62)28-26-24-22-20-18-15-13-11-9-7-5-2)34-73-52-47(69)46(68)49(41(33-60)75-52)76-53-48(70)51(45(67)40(32-59)74-53)78-55(54(71)72)30-38(63)43(56-35(3)61)50(77-55)44(66)39(64)31-58/h26,28,36-41,43-53,58-60,62-64,66-70H,4-25,27,29-34H2,1-3H3,(H,56,61)(H,57,65)(H,71,72)/b28-26+. The molecule has 456 valence electrons. The summed E-state index contributed by atoms with van der Waals surface area (Å²) in [6.45, 7) is 2.06. The normalized spacial score (nSPS) is 31.2. The summed E-state index contributed by atoms with van der Waals surface area (Å²) in [6, 6.07) is -2.61. The van der Waals surface area contributed by atoms with E-state index < -0.39 is 155 Å². The van der Waals surface area contributed by atoms with Crippen molar-refractivity contribution in [1.82, 2.24) is 10.6 Å². The number of ether oxygens (including phenoxy) is 6. The Hall–Kier alpha value is -2.53. The Morgan fingerprint density at radius 1 is 0.667 bits per heavy atom. The van der Waals surface area contributed by atoms with Crippen molar-refractivity contribution in [2.75, 3.05) is 26.4 Å². The number of unbranched alkanes of at least 4 members (excludes halogenated alkanes) is 21. The Morgan fingerprint density at radius 3 is 1.71 bits per heavy atom. The van der Waals surface area contributed by atoms with Crippen molar-refractivity contribution in [2.24, 2.45) is 0 Å². The molecule has 78 heavy (non-hydrogen) atoms. The summed E-state index contributed by atoms with van der Waals surface area (Å²) >= 11 is 0. The van der Waals surface area contributed by atoms with Gasteiger partial charge in [-0.25, -0.2) is 4.79 Å². The van der Waals surface area contributed by atoms with Crippen molar-refractivity contribution < 1.29 is 104 Å². The molecule has 3 heterocycles. The van der Waals surface area contributed by atoms with Gasteiger partial charge in [-0.1, -0.05) is 154 Å². The minimum absolute atomic E-state index is 0.203. The number of nitrogens with one attached hydrogen (secondary N) is 2. The maximum atomic E-state index is 13.3. The van der Waals surface area contributed by atoms with E-state index in [4.69, 9.17) is 28.4 Å². The molecule has 3 rings (SSSR count). The van der Waals surface area contributed by atoms with Gasteiger partial charge in [0.1, 0.15) is 67.1 Å². The maximum Gasteiger partial charge on any atom is 0.364 e. The highest BCUT2D eigenvalue weighted by Gasteiger charge is 2.60. The summed E-state index contributed by atoms with van der Waals surface area (Å²) in [4.78, 5) is 38.3. The van der Waals surface area contributed by atoms with Gasteiger partial charge in [0.05, 0.1) is 50.7 Å². The number of carboxylic acid groups (broad SMARTS) is 1. The Morgan fingerprint density at radius 2 is 1.19 bits per heavy atom. The Balaban J connectivity index is 1.70. The molecule has 2 amide bonds. The average molecular weight is 1130 g/mol. The molecule has 23 heteroatoms. The first-order valence-electron chi connectivity index (χ1n) is 29.1. The van der Waals surface area contributed by atoms with Crippen LogP contribution in [-0.4, -0.2) is 215 Å². The minimum Gasteiger partial charge on any atom is -0.477 e. The Labute approximate surface area is 461 Å². The lowest BCUT2D eigenvalue weighted by molar-refractivity contribution is -0.386. The van der Waals surface area contributed by atoms with Gasteiger partial charge in [-0.15, -0.1) is 0 Å². The summed E-state index contributed by atoms with van der Waals surface area (Å²) < 4.78 is 34.6. The van der Waals surface area contributed by atoms with Gasteiger partial charge in [0.2, 0.25) is 11.8 Å². The fourth-order valence-corrected chi connectivity index (χ4v) is 10.2. The lowest BCUT2D eigenvalue weighted by Crippen LogP contribution is -2.70. The fourth-order valence-electron chi connectivity index (χ4n) is 10.2. The van der Waals surface area contributed by atoms with Crippen LogP contribution in [-0.2, 0) is 42.8 Å². The van der Waals surface area contributed by atoms with Crippen LogP contribution >= 0.6 is 0 Å². The molecule has 0 bridgehead atoms. The first-order chi connectivity index (χ1) is 37.4. The predicted octanol–water partition coefficient (Wildman–Crippen LogP) is 1.61. The number of hydrogen-bond acceptors (Lipinski definition) is 20. The average Bonchev–Trinajstić information content (AvgIpc) is 3.45. The zero-order chi connectivity index (χ0) is 57.6. The van der Waals surface area contributed by atoms with Crippen LogP contribution in [0.15, 0.2) is 12.2 Å². The number of aliphatic hydroxyl groups excluding tert-OH is 11. The van der Waals surface area contributed by atoms with Crippen LogP contribution < -0.4 is 10.6 Å². The highest BCUT2D eigenvalue weighted by atomic mass is 16.8. The molecule has 0 aromatic rings. The maximum absolute atomic E-state index is 13.3. The van der Waals surface area contributed by atoms with Gasteiger partial charge in [0, 0.05) is 19.8 Å². The summed E-state index contributed by atoms with van der Waals surface area (Å²) in [6.07, 6.45) is 0.139. The summed E-state index contributed by atoms with van der Waals surface area (Å²) in [5.41, 5.74) is 0. The number of hydrogen-bond donors (Lipinski definition) is 14. The molecule has 0 aromatic carbocycles. The van der Waals surface area contributed by atoms with E-state index in [9.17, 15) is 75.7 Å². The quantitative estimate of drug-likeness (QED) is 0.0305. The number of aliphatic hydroxyl groups is 11. The number of carbonyl (C=O) groups excluding carboxylic acids is 2. The van der Waals surface area contributed by atoms with Crippen LogP contribution in [0.5, 0.6) is 0 Å². The predicted molar refractivity (Wildman–Crippen MR) is 283 cm³/mol. The minimum atomic E-state index is -3.08. The van der Waals surface area contributed by atoms with Crippen LogP contribution in [0.25, 0.3) is 0 Å². The number of carboxylic acids is 1. The van der Waals surface area contributed by atoms with Crippen molar-refractivity contribution >= 4 is 17.8 Å². The van der Waals surface area contributed by atoms with E-state index in [-0.39, 0.29) is 12.3 Å². The second-order valence-electron chi connectivity index (χ2n) is 21.5. The number of amides is 2. The molecule has 14 N–H and O–H groups in total. The molecule has 23 nitrogen and oxygen atoms in total. The second-order valence-corrected chi connectivity index (χ2v) is 21.5. The summed E-state index contributed by atoms with van der Waals surface area (Å²) in [7, 11) is 0. The van der Waals surface area contributed by atoms with E-state index >= 15 is 0 Å². The number of rotatable bonds is 41. The SMILES string of the molecule is CCCCCCCCCCC/C=C/C(O)C(COC1OC(CO)C(OC2OC(CO)C(O)C(OC3(C(=O)O)CC(O)C(NC(C)=O)C(C(O)C(O)CO)O3)C2O)C(O)C1O)NC(=O)CCCCCCCCCCCCCCC. The van der Waals surface area contributed by atoms with Crippen molar-refractivity contribution in [2.45, 2.75) is 291 Å². The fraction of sp³-hybridized carbons (Fsp3) is 0.909. The smallest absolute Gasteiger partial charge is 0.364 e. The van der Waals surface area contributed by atoms with E-state index in [2.05, 4.69) is 24.5 Å². The van der Waals surface area contributed by atoms with Crippen LogP contribution in [0.2, 0.25) is 0 Å². The molecule has 0 aromatic heterocycles. The molecule has 18 atom stereocenters. The number of carbonyl (C=O) groups is 3. The largest absolute Gasteiger partial charge is 0.477 e. The van der Waals surface area contributed by atoms with Gasteiger partial charge in [0.25, 0.3) is 5.79 Å². The lowest BCUT2D eigenvalue weighted by atomic mass is 9.88. The number of allylic oxidation sites excluding steroid dienone is 1. The third-order valence-electron chi connectivity index (χ3n) is 15.0. The summed E-state index contributed by atoms with van der Waals surface area (Å²) in [5, 5.41) is 135. The van der Waals surface area contributed by atoms with Crippen LogP contribution in [0.3, 0.4) is 0 Å². The highest BCUT2D eigenvalue weighted by molar-refractivity contribution is 5.77. The lowest BCUT2D eigenvalue weighted by Gasteiger charge is -2.50. The molecule has 0 radical (unpaired) electrons. The van der Waals surface area contributed by atoms with E-state index in [1.54, 1.807) is 6.08 Å². The molecule has 3 aliphatic heterocycles.